The average molecular weight is 415 g/mol. The first-order chi connectivity index (χ1) is 12.4. The van der Waals surface area contributed by atoms with Gasteiger partial charge in [0.1, 0.15) is 11.6 Å². The average Bonchev–Trinajstić information content (AvgIpc) is 3.20. The molecule has 0 unspecified atom stereocenters. The van der Waals surface area contributed by atoms with Crippen molar-refractivity contribution < 1.29 is 13.2 Å². The zero-order valence-electron chi connectivity index (χ0n) is 15.4. The minimum atomic E-state index is -3.12. The van der Waals surface area contributed by atoms with Crippen LogP contribution in [-0.2, 0) is 26.1 Å². The summed E-state index contributed by atoms with van der Waals surface area (Å²) in [5.41, 5.74) is 6.82. The van der Waals surface area contributed by atoms with Gasteiger partial charge in [0.05, 0.1) is 17.2 Å². The van der Waals surface area contributed by atoms with Crippen molar-refractivity contribution in [1.29, 1.82) is 0 Å². The van der Waals surface area contributed by atoms with Gasteiger partial charge in [-0.1, -0.05) is 12.8 Å². The first-order valence-electron chi connectivity index (χ1n) is 9.54. The number of nitrogens with two attached hydrogens (primary N) is 1. The Morgan fingerprint density at radius 2 is 1.74 bits per heavy atom. The number of halogens is 1. The van der Waals surface area contributed by atoms with E-state index in [1.54, 1.807) is 0 Å². The summed E-state index contributed by atoms with van der Waals surface area (Å²) in [6.45, 7) is 1.57. The summed E-state index contributed by atoms with van der Waals surface area (Å²) in [6, 6.07) is 0. The summed E-state index contributed by atoms with van der Waals surface area (Å²) < 4.78 is 24.4. The summed E-state index contributed by atoms with van der Waals surface area (Å²) in [6.07, 6.45) is 6.75. The van der Waals surface area contributed by atoms with Crippen LogP contribution in [0.4, 0.5) is 5.82 Å². The van der Waals surface area contributed by atoms with Crippen molar-refractivity contribution in [1.82, 2.24) is 9.97 Å². The molecule has 1 aliphatic carbocycles. The predicted octanol–water partition coefficient (Wildman–Crippen LogP) is 2.08. The Morgan fingerprint density at radius 3 is 2.37 bits per heavy atom. The molecule has 2 aliphatic heterocycles. The third-order valence-corrected chi connectivity index (χ3v) is 7.38. The lowest BCUT2D eigenvalue weighted by Gasteiger charge is -2.33. The normalized spacial score (nSPS) is 22.4. The summed E-state index contributed by atoms with van der Waals surface area (Å²) >= 11 is 0. The monoisotopic (exact) mass is 414 g/mol. The number of aromatic nitrogens is 2. The van der Waals surface area contributed by atoms with E-state index in [1.165, 1.54) is 12.8 Å². The molecule has 1 saturated heterocycles. The van der Waals surface area contributed by atoms with Gasteiger partial charge < -0.3 is 10.6 Å². The van der Waals surface area contributed by atoms with Gasteiger partial charge in [0, 0.05) is 31.0 Å². The maximum absolute atomic E-state index is 12.2. The number of rotatable bonds is 4. The molecule has 0 aromatic carbocycles. The van der Waals surface area contributed by atoms with Crippen LogP contribution in [0.3, 0.4) is 0 Å². The number of hydrogen-bond donors (Lipinski definition) is 1. The van der Waals surface area contributed by atoms with Crippen molar-refractivity contribution in [3.05, 3.63) is 17.1 Å². The number of hydrogen-bond acceptors (Lipinski definition) is 6. The molecule has 7 nitrogen and oxygen atoms in total. The number of piperidine rings is 1. The molecular formula is C18H27ClN4O3S. The highest BCUT2D eigenvalue weighted by atomic mass is 35.5. The summed E-state index contributed by atoms with van der Waals surface area (Å²) in [7, 11) is -3.12. The van der Waals surface area contributed by atoms with Crippen molar-refractivity contribution in [3.63, 3.8) is 0 Å². The quantitative estimate of drug-likeness (QED) is 0.808. The standard InChI is InChI=1S/C18H26N4O3S.ClH/c19-16(23)9-12-5-7-22(8-6-12)18-14-10-26(24,25)11-15(14)20-17(21-18)13-3-1-2-4-13;/h12-13H,1-11H2,(H2,19,23);1H. The van der Waals surface area contributed by atoms with E-state index >= 15 is 0 Å². The maximum atomic E-state index is 12.2. The zero-order chi connectivity index (χ0) is 18.3. The Morgan fingerprint density at radius 1 is 1.07 bits per heavy atom. The summed E-state index contributed by atoms with van der Waals surface area (Å²) in [5.74, 6) is 2.15. The van der Waals surface area contributed by atoms with Crippen molar-refractivity contribution in [2.45, 2.75) is 62.4 Å². The van der Waals surface area contributed by atoms with E-state index in [0.29, 0.717) is 24.0 Å². The van der Waals surface area contributed by atoms with Gasteiger partial charge in [0.2, 0.25) is 5.91 Å². The first-order valence-corrected chi connectivity index (χ1v) is 11.4. The van der Waals surface area contributed by atoms with Crippen LogP contribution in [-0.4, -0.2) is 37.4 Å². The molecule has 3 heterocycles. The number of primary amides is 1. The molecule has 0 spiro atoms. The van der Waals surface area contributed by atoms with Gasteiger partial charge in [-0.15, -0.1) is 12.4 Å². The molecule has 1 saturated carbocycles. The fourth-order valence-corrected chi connectivity index (χ4v) is 6.04. The third-order valence-electron chi connectivity index (χ3n) is 5.93. The molecule has 1 aromatic rings. The second kappa shape index (κ2) is 7.91. The summed E-state index contributed by atoms with van der Waals surface area (Å²) in [5, 5.41) is 0. The Labute approximate surface area is 166 Å². The van der Waals surface area contributed by atoms with Crippen molar-refractivity contribution >= 4 is 34.0 Å². The van der Waals surface area contributed by atoms with Crippen LogP contribution in [0, 0.1) is 5.92 Å². The Hall–Kier alpha value is -1.41. The molecule has 1 aromatic heterocycles. The van der Waals surface area contributed by atoms with Crippen LogP contribution in [0.2, 0.25) is 0 Å². The van der Waals surface area contributed by atoms with Crippen LogP contribution >= 0.6 is 12.4 Å². The van der Waals surface area contributed by atoms with Crippen LogP contribution < -0.4 is 10.6 Å². The molecule has 4 rings (SSSR count). The molecule has 150 valence electrons. The Kier molecular flexibility index (Phi) is 5.96. The lowest BCUT2D eigenvalue weighted by Crippen LogP contribution is -2.36. The van der Waals surface area contributed by atoms with Crippen molar-refractivity contribution in [2.75, 3.05) is 18.0 Å². The second-order valence-corrected chi connectivity index (χ2v) is 10.0. The lowest BCUT2D eigenvalue weighted by atomic mass is 9.93. The number of carbonyl (C=O) groups is 1. The van der Waals surface area contributed by atoms with Crippen LogP contribution in [0.5, 0.6) is 0 Å². The largest absolute Gasteiger partial charge is 0.370 e. The molecule has 27 heavy (non-hydrogen) atoms. The molecule has 2 N–H and O–H groups in total. The Bertz CT molecular complexity index is 816. The predicted molar refractivity (Wildman–Crippen MR) is 106 cm³/mol. The molecule has 0 bridgehead atoms. The number of carbonyl (C=O) groups excluding carboxylic acids is 1. The highest BCUT2D eigenvalue weighted by Gasteiger charge is 2.34. The van der Waals surface area contributed by atoms with E-state index in [4.69, 9.17) is 10.7 Å². The van der Waals surface area contributed by atoms with E-state index in [2.05, 4.69) is 9.88 Å². The highest BCUT2D eigenvalue weighted by molar-refractivity contribution is 7.90. The van der Waals surface area contributed by atoms with Gasteiger partial charge in [-0.25, -0.2) is 18.4 Å². The number of nitrogens with zero attached hydrogens (tertiary/aromatic N) is 3. The van der Waals surface area contributed by atoms with Gasteiger partial charge >= 0.3 is 0 Å². The van der Waals surface area contributed by atoms with Gasteiger partial charge in [0.15, 0.2) is 9.84 Å². The number of sulfone groups is 1. The van der Waals surface area contributed by atoms with Gasteiger partial charge in [-0.3, -0.25) is 4.79 Å². The molecule has 2 fully saturated rings. The van der Waals surface area contributed by atoms with E-state index in [-0.39, 0.29) is 29.8 Å². The molecular weight excluding hydrogens is 388 g/mol. The number of anilines is 1. The SMILES string of the molecule is Cl.NC(=O)CC1CCN(c2nc(C3CCCC3)nc3c2CS(=O)(=O)C3)CC1. The summed E-state index contributed by atoms with van der Waals surface area (Å²) in [4.78, 5) is 22.9. The number of amides is 1. The van der Waals surface area contributed by atoms with Gasteiger partial charge in [-0.05, 0) is 31.6 Å². The topological polar surface area (TPSA) is 106 Å². The van der Waals surface area contributed by atoms with Crippen LogP contribution in [0.25, 0.3) is 0 Å². The molecule has 3 aliphatic rings. The highest BCUT2D eigenvalue weighted by Crippen LogP contribution is 2.38. The van der Waals surface area contributed by atoms with Crippen molar-refractivity contribution in [2.24, 2.45) is 11.7 Å². The van der Waals surface area contributed by atoms with Crippen LogP contribution in [0.1, 0.15) is 67.9 Å². The minimum absolute atomic E-state index is 0. The first kappa shape index (κ1) is 20.3. The van der Waals surface area contributed by atoms with Crippen LogP contribution in [0.15, 0.2) is 0 Å². The second-order valence-electron chi connectivity index (χ2n) is 7.95. The van der Waals surface area contributed by atoms with E-state index in [9.17, 15) is 13.2 Å². The van der Waals surface area contributed by atoms with E-state index in [1.807, 2.05) is 0 Å². The molecule has 9 heteroatoms. The van der Waals surface area contributed by atoms with E-state index in [0.717, 1.165) is 56.0 Å². The Balaban J connectivity index is 0.00000210. The minimum Gasteiger partial charge on any atom is -0.370 e. The fraction of sp³-hybridized carbons (Fsp3) is 0.722. The van der Waals surface area contributed by atoms with Gasteiger partial charge in [-0.2, -0.15) is 0 Å². The smallest absolute Gasteiger partial charge is 0.217 e. The fourth-order valence-electron chi connectivity index (χ4n) is 4.54. The third kappa shape index (κ3) is 4.37. The maximum Gasteiger partial charge on any atom is 0.217 e. The molecule has 0 atom stereocenters. The molecule has 0 radical (unpaired) electrons. The lowest BCUT2D eigenvalue weighted by molar-refractivity contribution is -0.119. The van der Waals surface area contributed by atoms with E-state index < -0.39 is 9.84 Å². The van der Waals surface area contributed by atoms with Gasteiger partial charge in [0.25, 0.3) is 0 Å². The number of fused-ring (bicyclic) bond motifs is 1. The van der Waals surface area contributed by atoms with Crippen molar-refractivity contribution in [3.8, 4) is 0 Å². The zero-order valence-corrected chi connectivity index (χ0v) is 17.0. The molecule has 1 amide bonds.